The first-order valence-corrected chi connectivity index (χ1v) is 7.02. The van der Waals surface area contributed by atoms with Crippen LogP contribution < -0.4 is 5.32 Å². The number of ether oxygens (including phenoxy) is 1. The number of aliphatic hydroxyl groups is 1. The maximum absolute atomic E-state index is 12.4. The van der Waals surface area contributed by atoms with Crippen LogP contribution in [0.25, 0.3) is 0 Å². The number of aliphatic hydroxyl groups excluding tert-OH is 1. The number of cyclic esters (lactones) is 1. The molecule has 3 atom stereocenters. The topological polar surface area (TPSA) is 75.6 Å². The molecule has 1 aromatic rings. The minimum atomic E-state index is -1.06. The van der Waals surface area contributed by atoms with Crippen molar-refractivity contribution >= 4 is 11.9 Å². The Balaban J connectivity index is 1.89. The van der Waals surface area contributed by atoms with Crippen LogP contribution in [0.3, 0.4) is 0 Å². The van der Waals surface area contributed by atoms with Crippen LogP contribution in [0, 0.1) is 5.92 Å². The van der Waals surface area contributed by atoms with E-state index in [1.807, 2.05) is 18.2 Å². The summed E-state index contributed by atoms with van der Waals surface area (Å²) in [4.78, 5) is 24.7. The number of carbonyl (C=O) groups is 2. The summed E-state index contributed by atoms with van der Waals surface area (Å²) in [7, 11) is 0. The van der Waals surface area contributed by atoms with Gasteiger partial charge in [-0.3, -0.25) is 4.79 Å². The molecule has 1 aromatic carbocycles. The maximum Gasteiger partial charge on any atom is 0.333 e. The molecule has 2 N–H and O–H groups in total. The predicted molar refractivity (Wildman–Crippen MR) is 75.5 cm³/mol. The van der Waals surface area contributed by atoms with Gasteiger partial charge in [-0.2, -0.15) is 0 Å². The van der Waals surface area contributed by atoms with Gasteiger partial charge in [-0.25, -0.2) is 4.79 Å². The highest BCUT2D eigenvalue weighted by Gasteiger charge is 2.57. The van der Waals surface area contributed by atoms with Crippen molar-refractivity contribution in [1.29, 1.82) is 0 Å². The lowest BCUT2D eigenvalue weighted by molar-refractivity contribution is -0.147. The molecule has 0 radical (unpaired) electrons. The molecule has 2 aliphatic rings. The second-order valence-electron chi connectivity index (χ2n) is 5.44. The summed E-state index contributed by atoms with van der Waals surface area (Å²) in [5.74, 6) is -0.987. The van der Waals surface area contributed by atoms with Crippen molar-refractivity contribution < 1.29 is 19.4 Å². The van der Waals surface area contributed by atoms with Crippen LogP contribution in [0.1, 0.15) is 23.2 Å². The third kappa shape index (κ3) is 2.23. The molecule has 0 saturated carbocycles. The molecule has 0 unspecified atom stereocenters. The lowest BCUT2D eigenvalue weighted by atomic mass is 9.75. The normalized spacial score (nSPS) is 30.6. The maximum atomic E-state index is 12.4. The molecule has 0 aromatic heterocycles. The van der Waals surface area contributed by atoms with Gasteiger partial charge >= 0.3 is 5.97 Å². The van der Waals surface area contributed by atoms with Crippen LogP contribution >= 0.6 is 0 Å². The molecule has 1 aliphatic carbocycles. The first-order valence-electron chi connectivity index (χ1n) is 7.02. The average Bonchev–Trinajstić information content (AvgIpc) is 2.81. The van der Waals surface area contributed by atoms with Gasteiger partial charge in [0.2, 0.25) is 0 Å². The molecular weight excluding hydrogens is 270 g/mol. The quantitative estimate of drug-likeness (QED) is 0.643. The Labute approximate surface area is 122 Å². The first-order chi connectivity index (χ1) is 10.2. The second-order valence-corrected chi connectivity index (χ2v) is 5.44. The van der Waals surface area contributed by atoms with E-state index in [-0.39, 0.29) is 18.4 Å². The van der Waals surface area contributed by atoms with Crippen LogP contribution in [0.4, 0.5) is 0 Å². The number of amides is 1. The summed E-state index contributed by atoms with van der Waals surface area (Å²) < 4.78 is 5.25. The number of carbonyl (C=O) groups excluding carboxylic acids is 2. The number of benzene rings is 1. The average molecular weight is 287 g/mol. The number of hydrogen-bond acceptors (Lipinski definition) is 4. The molecule has 5 heteroatoms. The van der Waals surface area contributed by atoms with Crippen LogP contribution in [0.2, 0.25) is 0 Å². The van der Waals surface area contributed by atoms with Gasteiger partial charge in [-0.1, -0.05) is 30.4 Å². The Bertz CT molecular complexity index is 583. The minimum absolute atomic E-state index is 0.229. The van der Waals surface area contributed by atoms with Crippen LogP contribution in [-0.4, -0.2) is 35.2 Å². The summed E-state index contributed by atoms with van der Waals surface area (Å²) in [5, 5.41) is 12.2. The van der Waals surface area contributed by atoms with E-state index in [4.69, 9.17) is 4.74 Å². The standard InChI is InChI=1S/C16H17NO4/c18-10-13-12-8-4-5-9-16(12,15(20)21-13)17-14(19)11-6-2-1-3-7-11/h1-7,12-13,18H,8-10H2,(H,17,19)/t12-,13-,16-/m1/s1. The number of rotatable bonds is 3. The van der Waals surface area contributed by atoms with Crippen molar-refractivity contribution in [1.82, 2.24) is 5.32 Å². The number of esters is 1. The van der Waals surface area contributed by atoms with Crippen molar-refractivity contribution in [3.63, 3.8) is 0 Å². The van der Waals surface area contributed by atoms with Crippen molar-refractivity contribution in [3.05, 3.63) is 48.0 Å². The van der Waals surface area contributed by atoms with Gasteiger partial charge in [0.1, 0.15) is 11.6 Å². The number of hydrogen-bond donors (Lipinski definition) is 2. The smallest absolute Gasteiger partial charge is 0.333 e. The largest absolute Gasteiger partial charge is 0.458 e. The monoisotopic (exact) mass is 287 g/mol. The van der Waals surface area contributed by atoms with Gasteiger partial charge in [0.25, 0.3) is 5.91 Å². The molecule has 21 heavy (non-hydrogen) atoms. The molecule has 110 valence electrons. The number of nitrogens with one attached hydrogen (secondary N) is 1. The summed E-state index contributed by atoms with van der Waals surface area (Å²) in [6.07, 6.45) is 4.28. The fourth-order valence-electron chi connectivity index (χ4n) is 3.12. The van der Waals surface area contributed by atoms with E-state index in [1.54, 1.807) is 24.3 Å². The van der Waals surface area contributed by atoms with E-state index in [1.165, 1.54) is 0 Å². The SMILES string of the molecule is O=C(N[C@]12CC=CC[C@@H]1[C@@H](CO)OC2=O)c1ccccc1. The zero-order chi connectivity index (χ0) is 14.9. The summed E-state index contributed by atoms with van der Waals surface area (Å²) >= 11 is 0. The van der Waals surface area contributed by atoms with Gasteiger partial charge in [0.05, 0.1) is 6.61 Å². The van der Waals surface area contributed by atoms with Gasteiger partial charge in [-0.15, -0.1) is 0 Å². The predicted octanol–water partition coefficient (Wildman–Crippen LogP) is 1.04. The highest BCUT2D eigenvalue weighted by atomic mass is 16.6. The minimum Gasteiger partial charge on any atom is -0.458 e. The molecule has 0 bridgehead atoms. The van der Waals surface area contributed by atoms with Crippen molar-refractivity contribution in [2.24, 2.45) is 5.92 Å². The van der Waals surface area contributed by atoms with Gasteiger partial charge < -0.3 is 15.2 Å². The first kappa shape index (κ1) is 13.8. The van der Waals surface area contributed by atoms with Crippen molar-refractivity contribution in [2.45, 2.75) is 24.5 Å². The zero-order valence-corrected chi connectivity index (χ0v) is 11.5. The van der Waals surface area contributed by atoms with E-state index in [0.717, 1.165) is 0 Å². The molecule has 3 rings (SSSR count). The Morgan fingerprint density at radius 2 is 2.10 bits per heavy atom. The van der Waals surface area contributed by atoms with Gasteiger partial charge in [0.15, 0.2) is 0 Å². The molecule has 1 fully saturated rings. The number of allylic oxidation sites excluding steroid dienone is 1. The highest BCUT2D eigenvalue weighted by Crippen LogP contribution is 2.40. The van der Waals surface area contributed by atoms with E-state index in [9.17, 15) is 14.7 Å². The lowest BCUT2D eigenvalue weighted by Gasteiger charge is -2.34. The number of fused-ring (bicyclic) bond motifs is 1. The fraction of sp³-hybridized carbons (Fsp3) is 0.375. The molecule has 0 spiro atoms. The van der Waals surface area contributed by atoms with Gasteiger partial charge in [0, 0.05) is 11.5 Å². The zero-order valence-electron chi connectivity index (χ0n) is 11.5. The van der Waals surface area contributed by atoms with Crippen LogP contribution in [0.15, 0.2) is 42.5 Å². The van der Waals surface area contributed by atoms with Gasteiger partial charge in [-0.05, 0) is 25.0 Å². The van der Waals surface area contributed by atoms with E-state index >= 15 is 0 Å². The van der Waals surface area contributed by atoms with Crippen LogP contribution in [0.5, 0.6) is 0 Å². The molecule has 1 heterocycles. The third-order valence-corrected chi connectivity index (χ3v) is 4.25. The molecule has 1 saturated heterocycles. The molecule has 5 nitrogen and oxygen atoms in total. The van der Waals surface area contributed by atoms with Crippen molar-refractivity contribution in [3.8, 4) is 0 Å². The van der Waals surface area contributed by atoms with Crippen LogP contribution in [-0.2, 0) is 9.53 Å². The van der Waals surface area contributed by atoms with E-state index in [0.29, 0.717) is 18.4 Å². The fourth-order valence-corrected chi connectivity index (χ4v) is 3.12. The second kappa shape index (κ2) is 5.33. The Kier molecular flexibility index (Phi) is 3.51. The Morgan fingerprint density at radius 3 is 2.81 bits per heavy atom. The van der Waals surface area contributed by atoms with E-state index < -0.39 is 17.6 Å². The van der Waals surface area contributed by atoms with E-state index in [2.05, 4.69) is 5.32 Å². The molecular formula is C16H17NO4. The Hall–Kier alpha value is -2.14. The highest BCUT2D eigenvalue weighted by molar-refractivity contribution is 5.99. The lowest BCUT2D eigenvalue weighted by Crippen LogP contribution is -2.57. The van der Waals surface area contributed by atoms with Crippen molar-refractivity contribution in [2.75, 3.05) is 6.61 Å². The third-order valence-electron chi connectivity index (χ3n) is 4.25. The summed E-state index contributed by atoms with van der Waals surface area (Å²) in [6.45, 7) is -0.229. The Morgan fingerprint density at radius 1 is 1.33 bits per heavy atom. The molecule has 1 amide bonds. The molecule has 1 aliphatic heterocycles. The summed E-state index contributed by atoms with van der Waals surface area (Å²) in [5.41, 5.74) is -0.560. The summed E-state index contributed by atoms with van der Waals surface area (Å²) in [6, 6.07) is 8.77.